The third-order valence-electron chi connectivity index (χ3n) is 4.77. The molecule has 0 aromatic heterocycles. The highest BCUT2D eigenvalue weighted by Gasteiger charge is 2.35. The Labute approximate surface area is 121 Å². The lowest BCUT2D eigenvalue weighted by atomic mass is 10.0. The van der Waals surface area contributed by atoms with E-state index in [2.05, 4.69) is 28.9 Å². The molecule has 3 rings (SSSR count). The van der Waals surface area contributed by atoms with Crippen molar-refractivity contribution in [3.63, 3.8) is 0 Å². The Hall–Kier alpha value is -1.35. The average molecular weight is 272 g/mol. The fraction of sp³-hybridized carbons (Fsp3) is 0.588. The molecule has 1 aromatic carbocycles. The van der Waals surface area contributed by atoms with Crippen LogP contribution in [0.15, 0.2) is 24.3 Å². The molecule has 2 aliphatic heterocycles. The number of hydrogen-bond acceptors (Lipinski definition) is 3. The van der Waals surface area contributed by atoms with Crippen LogP contribution in [-0.2, 0) is 0 Å². The van der Waals surface area contributed by atoms with Gasteiger partial charge in [-0.05, 0) is 38.4 Å². The largest absolute Gasteiger partial charge is 0.365 e. The molecule has 3 heteroatoms. The maximum Gasteiger partial charge on any atom is 0.164 e. The second kappa shape index (κ2) is 5.57. The Morgan fingerprint density at radius 3 is 2.90 bits per heavy atom. The Balaban J connectivity index is 1.90. The molecular weight excluding hydrogens is 248 g/mol. The van der Waals surface area contributed by atoms with E-state index in [4.69, 9.17) is 0 Å². The average Bonchev–Trinajstić information content (AvgIpc) is 2.92. The smallest absolute Gasteiger partial charge is 0.164 e. The van der Waals surface area contributed by atoms with Crippen LogP contribution >= 0.6 is 0 Å². The van der Waals surface area contributed by atoms with Crippen molar-refractivity contribution in [1.29, 1.82) is 0 Å². The minimum atomic E-state index is 0.252. The molecule has 2 heterocycles. The van der Waals surface area contributed by atoms with E-state index >= 15 is 0 Å². The summed E-state index contributed by atoms with van der Waals surface area (Å²) in [5.74, 6) is 0.252. The quantitative estimate of drug-likeness (QED) is 0.790. The van der Waals surface area contributed by atoms with Crippen LogP contribution in [0.4, 0.5) is 5.69 Å². The van der Waals surface area contributed by atoms with Gasteiger partial charge in [-0.15, -0.1) is 0 Å². The Morgan fingerprint density at radius 1 is 1.30 bits per heavy atom. The number of carbonyl (C=O) groups excluding carboxylic acids is 1. The molecule has 108 valence electrons. The number of fused-ring (bicyclic) bond motifs is 1. The number of rotatable bonds is 3. The lowest BCUT2D eigenvalue weighted by Crippen LogP contribution is -2.55. The third-order valence-corrected chi connectivity index (χ3v) is 4.77. The van der Waals surface area contributed by atoms with E-state index in [0.29, 0.717) is 18.5 Å². The van der Waals surface area contributed by atoms with E-state index in [1.54, 1.807) is 0 Å². The van der Waals surface area contributed by atoms with E-state index in [1.165, 1.54) is 19.4 Å². The fourth-order valence-corrected chi connectivity index (χ4v) is 3.67. The predicted molar refractivity (Wildman–Crippen MR) is 82.5 cm³/mol. The summed E-state index contributed by atoms with van der Waals surface area (Å²) in [6.07, 6.45) is 3.20. The monoisotopic (exact) mass is 272 g/mol. The fourth-order valence-electron chi connectivity index (χ4n) is 3.67. The van der Waals surface area contributed by atoms with Crippen LogP contribution in [0.3, 0.4) is 0 Å². The molecule has 2 unspecified atom stereocenters. The molecule has 1 aromatic rings. The second-order valence-corrected chi connectivity index (χ2v) is 6.09. The van der Waals surface area contributed by atoms with Gasteiger partial charge in [-0.1, -0.05) is 19.1 Å². The zero-order valence-electron chi connectivity index (χ0n) is 12.5. The highest BCUT2D eigenvalue weighted by atomic mass is 16.1. The van der Waals surface area contributed by atoms with Crippen LogP contribution in [0.5, 0.6) is 0 Å². The van der Waals surface area contributed by atoms with E-state index in [1.807, 2.05) is 19.1 Å². The molecule has 2 aliphatic rings. The highest BCUT2D eigenvalue weighted by Crippen LogP contribution is 2.31. The molecule has 0 saturated carbocycles. The van der Waals surface area contributed by atoms with Gasteiger partial charge in [0, 0.05) is 42.8 Å². The van der Waals surface area contributed by atoms with E-state index in [-0.39, 0.29) is 5.78 Å². The van der Waals surface area contributed by atoms with Gasteiger partial charge in [-0.2, -0.15) is 0 Å². The number of anilines is 1. The van der Waals surface area contributed by atoms with Crippen molar-refractivity contribution in [2.45, 2.75) is 45.2 Å². The first kappa shape index (κ1) is 13.6. The Morgan fingerprint density at radius 2 is 2.10 bits per heavy atom. The van der Waals surface area contributed by atoms with Gasteiger partial charge in [0.1, 0.15) is 0 Å². The second-order valence-electron chi connectivity index (χ2n) is 6.09. The summed E-state index contributed by atoms with van der Waals surface area (Å²) in [6, 6.07) is 9.28. The molecule has 0 spiro atoms. The van der Waals surface area contributed by atoms with Gasteiger partial charge in [-0.3, -0.25) is 9.69 Å². The van der Waals surface area contributed by atoms with Crippen LogP contribution in [0.2, 0.25) is 0 Å². The van der Waals surface area contributed by atoms with Gasteiger partial charge in [0.25, 0.3) is 0 Å². The van der Waals surface area contributed by atoms with Crippen LogP contribution in [0.1, 0.15) is 43.5 Å². The van der Waals surface area contributed by atoms with E-state index < -0.39 is 0 Å². The lowest BCUT2D eigenvalue weighted by Gasteiger charge is -2.44. The summed E-state index contributed by atoms with van der Waals surface area (Å²) in [7, 11) is 0. The lowest BCUT2D eigenvalue weighted by molar-refractivity contribution is 0.0988. The van der Waals surface area contributed by atoms with Crippen LogP contribution in [0.25, 0.3) is 0 Å². The molecule has 0 aliphatic carbocycles. The number of Topliss-reactive ketones (excluding diaryl/α,β-unsaturated/α-hetero) is 1. The Bertz CT molecular complexity index is 500. The van der Waals surface area contributed by atoms with Gasteiger partial charge in [-0.25, -0.2) is 0 Å². The molecule has 0 bridgehead atoms. The number of nitrogens with zero attached hydrogens (tertiary/aromatic N) is 2. The van der Waals surface area contributed by atoms with Crippen LogP contribution in [-0.4, -0.2) is 42.4 Å². The number of benzene rings is 1. The van der Waals surface area contributed by atoms with Gasteiger partial charge in [0.05, 0.1) is 0 Å². The molecule has 0 amide bonds. The molecule has 0 radical (unpaired) electrons. The van der Waals surface area contributed by atoms with Gasteiger partial charge < -0.3 is 4.90 Å². The topological polar surface area (TPSA) is 23.6 Å². The molecule has 2 fully saturated rings. The summed E-state index contributed by atoms with van der Waals surface area (Å²) in [5.41, 5.74) is 2.03. The standard InChI is InChI=1S/C17H24N2O/c1-3-17(20)15-8-4-5-9-16(15)19-12-14-7-6-10-18(14)11-13(19)2/h4-5,8-9,13-14H,3,6-7,10-12H2,1-2H3. The zero-order chi connectivity index (χ0) is 14.1. The Kier molecular flexibility index (Phi) is 3.79. The molecule has 20 heavy (non-hydrogen) atoms. The van der Waals surface area contributed by atoms with E-state index in [9.17, 15) is 4.79 Å². The van der Waals surface area contributed by atoms with Crippen LogP contribution in [0, 0.1) is 0 Å². The van der Waals surface area contributed by atoms with Crippen molar-refractivity contribution < 1.29 is 4.79 Å². The number of hydrogen-bond donors (Lipinski definition) is 0. The van der Waals surface area contributed by atoms with Crippen molar-refractivity contribution in [2.24, 2.45) is 0 Å². The summed E-state index contributed by atoms with van der Waals surface area (Å²) in [5, 5.41) is 0. The summed E-state index contributed by atoms with van der Waals surface area (Å²) in [4.78, 5) is 17.2. The molecule has 3 nitrogen and oxygen atoms in total. The first-order valence-electron chi connectivity index (χ1n) is 7.83. The van der Waals surface area contributed by atoms with Gasteiger partial charge >= 0.3 is 0 Å². The molecular formula is C17H24N2O. The molecule has 0 N–H and O–H groups in total. The van der Waals surface area contributed by atoms with Crippen molar-refractivity contribution in [1.82, 2.24) is 4.90 Å². The van der Waals surface area contributed by atoms with E-state index in [0.717, 1.165) is 24.3 Å². The summed E-state index contributed by atoms with van der Waals surface area (Å²) < 4.78 is 0. The minimum absolute atomic E-state index is 0.252. The van der Waals surface area contributed by atoms with Gasteiger partial charge in [0.2, 0.25) is 0 Å². The third kappa shape index (κ3) is 2.35. The molecule has 2 atom stereocenters. The van der Waals surface area contributed by atoms with Crippen LogP contribution < -0.4 is 4.90 Å². The maximum atomic E-state index is 12.2. The predicted octanol–water partition coefficient (Wildman–Crippen LogP) is 2.95. The zero-order valence-corrected chi connectivity index (χ0v) is 12.5. The number of carbonyl (C=O) groups is 1. The number of para-hydroxylation sites is 1. The normalized spacial score (nSPS) is 26.6. The van der Waals surface area contributed by atoms with Crippen molar-refractivity contribution >= 4 is 11.5 Å². The van der Waals surface area contributed by atoms with Gasteiger partial charge in [0.15, 0.2) is 5.78 Å². The highest BCUT2D eigenvalue weighted by molar-refractivity contribution is 6.01. The number of piperazine rings is 1. The molecule has 2 saturated heterocycles. The van der Waals surface area contributed by atoms with Crippen molar-refractivity contribution in [3.8, 4) is 0 Å². The summed E-state index contributed by atoms with van der Waals surface area (Å²) in [6.45, 7) is 7.66. The number of ketones is 1. The first-order valence-corrected chi connectivity index (χ1v) is 7.83. The SMILES string of the molecule is CCC(=O)c1ccccc1N1CC2CCCN2CC1C. The summed E-state index contributed by atoms with van der Waals surface area (Å²) >= 11 is 0. The van der Waals surface area contributed by atoms with Crippen molar-refractivity contribution in [2.75, 3.05) is 24.5 Å². The maximum absolute atomic E-state index is 12.2. The first-order chi connectivity index (χ1) is 9.70. The van der Waals surface area contributed by atoms with Crippen molar-refractivity contribution in [3.05, 3.63) is 29.8 Å². The minimum Gasteiger partial charge on any atom is -0.365 e.